The number of para-hydroxylation sites is 1. The van der Waals surface area contributed by atoms with Gasteiger partial charge in [-0.2, -0.15) is 0 Å². The van der Waals surface area contributed by atoms with Crippen molar-refractivity contribution in [1.82, 2.24) is 15.0 Å². The fraction of sp³-hybridized carbons (Fsp3) is 0.0909. The van der Waals surface area contributed by atoms with Crippen LogP contribution in [-0.4, -0.2) is 35.1 Å². The molecule has 4 rings (SSSR count). The molecule has 0 radical (unpaired) electrons. The molecule has 0 fully saturated rings. The zero-order valence-electron chi connectivity index (χ0n) is 15.9. The molecule has 2 heterocycles. The van der Waals surface area contributed by atoms with E-state index in [9.17, 15) is 4.79 Å². The summed E-state index contributed by atoms with van der Waals surface area (Å²) in [5, 5.41) is 3.47. The fourth-order valence-corrected chi connectivity index (χ4v) is 3.04. The third-order valence-electron chi connectivity index (χ3n) is 4.44. The lowest BCUT2D eigenvalue weighted by Gasteiger charge is -2.13. The Hall–Kier alpha value is -4.00. The van der Waals surface area contributed by atoms with Crippen LogP contribution in [0.1, 0.15) is 10.4 Å². The van der Waals surface area contributed by atoms with Crippen LogP contribution in [0, 0.1) is 0 Å². The van der Waals surface area contributed by atoms with E-state index >= 15 is 0 Å². The number of aromatic nitrogens is 3. The van der Waals surface area contributed by atoms with Gasteiger partial charge in [-0.3, -0.25) is 10.1 Å². The maximum absolute atomic E-state index is 13.0. The molecule has 29 heavy (non-hydrogen) atoms. The van der Waals surface area contributed by atoms with Crippen molar-refractivity contribution in [2.75, 3.05) is 19.5 Å². The molecule has 0 atom stereocenters. The summed E-state index contributed by atoms with van der Waals surface area (Å²) >= 11 is 0. The Kier molecular flexibility index (Phi) is 5.03. The van der Waals surface area contributed by atoms with Crippen LogP contribution < -0.4 is 14.8 Å². The van der Waals surface area contributed by atoms with Crippen molar-refractivity contribution in [3.8, 4) is 22.8 Å². The lowest BCUT2D eigenvalue weighted by Crippen LogP contribution is -2.15. The lowest BCUT2D eigenvalue weighted by molar-refractivity contribution is 0.102. The number of benzene rings is 2. The van der Waals surface area contributed by atoms with Crippen LogP contribution in [0.25, 0.3) is 22.2 Å². The molecule has 0 saturated heterocycles. The molecule has 1 N–H and O–H groups in total. The number of amides is 1. The highest BCUT2D eigenvalue weighted by atomic mass is 16.5. The smallest absolute Gasteiger partial charge is 0.258 e. The first-order chi connectivity index (χ1) is 14.2. The van der Waals surface area contributed by atoms with E-state index in [0.29, 0.717) is 28.3 Å². The van der Waals surface area contributed by atoms with Crippen molar-refractivity contribution < 1.29 is 14.3 Å². The van der Waals surface area contributed by atoms with Gasteiger partial charge in [-0.1, -0.05) is 18.2 Å². The molecular weight excluding hydrogens is 368 g/mol. The SMILES string of the molecule is COc1ccc(-c2cc(C(=O)Nc3ncccn3)c3ccccc3n2)c(OC)c1. The molecule has 144 valence electrons. The minimum absolute atomic E-state index is 0.238. The first-order valence-electron chi connectivity index (χ1n) is 8.90. The van der Waals surface area contributed by atoms with Crippen LogP contribution in [0.3, 0.4) is 0 Å². The van der Waals surface area contributed by atoms with Crippen molar-refractivity contribution >= 4 is 22.8 Å². The molecular formula is C22H18N4O3. The van der Waals surface area contributed by atoms with Crippen LogP contribution in [0.5, 0.6) is 11.5 Å². The molecule has 2 aromatic carbocycles. The topological polar surface area (TPSA) is 86.2 Å². The van der Waals surface area contributed by atoms with E-state index in [0.717, 1.165) is 10.9 Å². The standard InChI is InChI=1S/C22H18N4O3/c1-28-14-8-9-16(20(12-14)29-2)19-13-17(15-6-3-4-7-18(15)25-19)21(27)26-22-23-10-5-11-24-22/h3-13H,1-2H3,(H,23,24,26,27). The van der Waals surface area contributed by atoms with Gasteiger partial charge in [0.05, 0.1) is 31.0 Å². The van der Waals surface area contributed by atoms with Crippen LogP contribution in [0.2, 0.25) is 0 Å². The highest BCUT2D eigenvalue weighted by molar-refractivity contribution is 6.12. The summed E-state index contributed by atoms with van der Waals surface area (Å²) in [7, 11) is 3.18. The molecule has 2 aromatic heterocycles. The van der Waals surface area contributed by atoms with Gasteiger partial charge >= 0.3 is 0 Å². The predicted octanol–water partition coefficient (Wildman–Crippen LogP) is 3.96. The maximum atomic E-state index is 13.0. The van der Waals surface area contributed by atoms with Gasteiger partial charge in [-0.05, 0) is 30.3 Å². The van der Waals surface area contributed by atoms with Gasteiger partial charge in [-0.25, -0.2) is 15.0 Å². The largest absolute Gasteiger partial charge is 0.497 e. The Morgan fingerprint density at radius 3 is 2.48 bits per heavy atom. The molecule has 0 aliphatic heterocycles. The molecule has 0 aliphatic rings. The number of methoxy groups -OCH3 is 2. The number of carbonyl (C=O) groups is 1. The summed E-state index contributed by atoms with van der Waals surface area (Å²) < 4.78 is 10.8. The third-order valence-corrected chi connectivity index (χ3v) is 4.44. The van der Waals surface area contributed by atoms with Crippen LogP contribution in [0.15, 0.2) is 67.0 Å². The summed E-state index contributed by atoms with van der Waals surface area (Å²) in [5.41, 5.74) is 2.53. The Balaban J connectivity index is 1.84. The molecule has 7 heteroatoms. The Morgan fingerprint density at radius 1 is 0.931 bits per heavy atom. The fourth-order valence-electron chi connectivity index (χ4n) is 3.04. The monoisotopic (exact) mass is 386 g/mol. The Morgan fingerprint density at radius 2 is 1.72 bits per heavy atom. The predicted molar refractivity (Wildman–Crippen MR) is 110 cm³/mol. The van der Waals surface area contributed by atoms with Gasteiger partial charge < -0.3 is 9.47 Å². The van der Waals surface area contributed by atoms with Crippen molar-refractivity contribution in [2.45, 2.75) is 0 Å². The molecule has 0 unspecified atom stereocenters. The minimum Gasteiger partial charge on any atom is -0.497 e. The molecule has 7 nitrogen and oxygen atoms in total. The first-order valence-corrected chi connectivity index (χ1v) is 8.90. The highest BCUT2D eigenvalue weighted by Crippen LogP contribution is 2.34. The van der Waals surface area contributed by atoms with Crippen molar-refractivity contribution in [3.05, 3.63) is 72.6 Å². The van der Waals surface area contributed by atoms with Crippen molar-refractivity contribution in [3.63, 3.8) is 0 Å². The normalized spacial score (nSPS) is 10.6. The van der Waals surface area contributed by atoms with Crippen molar-refractivity contribution in [2.24, 2.45) is 0 Å². The number of hydrogen-bond acceptors (Lipinski definition) is 6. The maximum Gasteiger partial charge on any atom is 0.258 e. The van der Waals surface area contributed by atoms with Gasteiger partial charge in [0.25, 0.3) is 5.91 Å². The average molecular weight is 386 g/mol. The third kappa shape index (κ3) is 3.70. The summed E-state index contributed by atoms with van der Waals surface area (Å²) in [6.45, 7) is 0. The van der Waals surface area contributed by atoms with Gasteiger partial charge in [0.1, 0.15) is 11.5 Å². The highest BCUT2D eigenvalue weighted by Gasteiger charge is 2.17. The Labute approximate surface area is 167 Å². The second kappa shape index (κ2) is 7.93. The number of nitrogens with zero attached hydrogens (tertiary/aromatic N) is 3. The van der Waals surface area contributed by atoms with E-state index in [1.54, 1.807) is 44.8 Å². The number of rotatable bonds is 5. The number of ether oxygens (including phenoxy) is 2. The number of nitrogens with one attached hydrogen (secondary N) is 1. The molecule has 1 amide bonds. The van der Waals surface area contributed by atoms with E-state index in [1.807, 2.05) is 36.4 Å². The number of fused-ring (bicyclic) bond motifs is 1. The van der Waals surface area contributed by atoms with Crippen molar-refractivity contribution in [1.29, 1.82) is 0 Å². The van der Waals surface area contributed by atoms with Gasteiger partial charge in [0.15, 0.2) is 0 Å². The summed E-state index contributed by atoms with van der Waals surface area (Å²) in [4.78, 5) is 25.8. The quantitative estimate of drug-likeness (QED) is 0.559. The van der Waals surface area contributed by atoms with E-state index in [4.69, 9.17) is 14.5 Å². The number of carbonyl (C=O) groups excluding carboxylic acids is 1. The van der Waals surface area contributed by atoms with E-state index < -0.39 is 0 Å². The second-order valence-electron chi connectivity index (χ2n) is 6.16. The first kappa shape index (κ1) is 18.4. The summed E-state index contributed by atoms with van der Waals surface area (Å²) in [5.74, 6) is 1.20. The number of pyridine rings is 1. The molecule has 4 aromatic rings. The van der Waals surface area contributed by atoms with Gasteiger partial charge in [-0.15, -0.1) is 0 Å². The minimum atomic E-state index is -0.316. The molecule has 0 aliphatic carbocycles. The van der Waals surface area contributed by atoms with E-state index in [-0.39, 0.29) is 11.9 Å². The molecule has 0 bridgehead atoms. The molecule has 0 spiro atoms. The van der Waals surface area contributed by atoms with Crippen LogP contribution in [0.4, 0.5) is 5.95 Å². The zero-order valence-corrected chi connectivity index (χ0v) is 15.9. The summed E-state index contributed by atoms with van der Waals surface area (Å²) in [6, 6.07) is 16.4. The van der Waals surface area contributed by atoms with Crippen LogP contribution >= 0.6 is 0 Å². The summed E-state index contributed by atoms with van der Waals surface area (Å²) in [6.07, 6.45) is 3.14. The second-order valence-corrected chi connectivity index (χ2v) is 6.16. The average Bonchev–Trinajstić information content (AvgIpc) is 2.78. The Bertz CT molecular complexity index is 1180. The van der Waals surface area contributed by atoms with Gasteiger partial charge in [0.2, 0.25) is 5.95 Å². The number of anilines is 1. The zero-order chi connectivity index (χ0) is 20.2. The van der Waals surface area contributed by atoms with Crippen LogP contribution in [-0.2, 0) is 0 Å². The van der Waals surface area contributed by atoms with Gasteiger partial charge in [0, 0.05) is 29.4 Å². The lowest BCUT2D eigenvalue weighted by atomic mass is 10.0. The molecule has 0 saturated carbocycles. The number of hydrogen-bond donors (Lipinski definition) is 1. The van der Waals surface area contributed by atoms with E-state index in [1.165, 1.54) is 0 Å². The van der Waals surface area contributed by atoms with E-state index in [2.05, 4.69) is 15.3 Å².